The van der Waals surface area contributed by atoms with Crippen LogP contribution in [0.25, 0.3) is 11.0 Å². The van der Waals surface area contributed by atoms with Crippen LogP contribution in [0.2, 0.25) is 0 Å². The number of aromatic nitrogens is 4. The van der Waals surface area contributed by atoms with E-state index in [1.54, 1.807) is 34.8 Å². The molecule has 0 atom stereocenters. The summed E-state index contributed by atoms with van der Waals surface area (Å²) < 4.78 is 1.55. The molecule has 128 valence electrons. The first kappa shape index (κ1) is 16.3. The van der Waals surface area contributed by atoms with Gasteiger partial charge in [-0.1, -0.05) is 12.1 Å². The second-order valence-electron chi connectivity index (χ2n) is 5.52. The molecule has 3 aromatic rings. The monoisotopic (exact) mass is 340 g/mol. The number of rotatable bonds is 4. The van der Waals surface area contributed by atoms with E-state index >= 15 is 0 Å². The summed E-state index contributed by atoms with van der Waals surface area (Å²) in [5.41, 5.74) is 6.91. The molecular formula is C15H16N8O2. The molecule has 3 rings (SSSR count). The second kappa shape index (κ2) is 6.15. The average molecular weight is 340 g/mol. The van der Waals surface area contributed by atoms with Gasteiger partial charge in [0.1, 0.15) is 11.2 Å². The van der Waals surface area contributed by atoms with Gasteiger partial charge in [-0.25, -0.2) is 9.67 Å². The van der Waals surface area contributed by atoms with Gasteiger partial charge in [0, 0.05) is 33.4 Å². The van der Waals surface area contributed by atoms with Gasteiger partial charge in [-0.05, 0) is 6.07 Å². The number of hydrogen-bond donors (Lipinski definition) is 1. The maximum absolute atomic E-state index is 11.1. The van der Waals surface area contributed by atoms with Crippen molar-refractivity contribution < 1.29 is 4.92 Å². The summed E-state index contributed by atoms with van der Waals surface area (Å²) in [4.78, 5) is 25.3. The van der Waals surface area contributed by atoms with Gasteiger partial charge in [-0.2, -0.15) is 15.1 Å². The minimum Gasteiger partial charge on any atom is -0.383 e. The molecule has 0 radical (unpaired) electrons. The largest absolute Gasteiger partial charge is 0.383 e. The number of nitrogen functional groups attached to an aromatic ring is 1. The van der Waals surface area contributed by atoms with E-state index in [2.05, 4.69) is 20.1 Å². The Morgan fingerprint density at radius 3 is 2.72 bits per heavy atom. The Labute approximate surface area is 142 Å². The van der Waals surface area contributed by atoms with Crippen molar-refractivity contribution in [3.8, 4) is 0 Å². The maximum atomic E-state index is 11.1. The third-order valence-corrected chi connectivity index (χ3v) is 3.54. The summed E-state index contributed by atoms with van der Waals surface area (Å²) in [6.07, 6.45) is 1.39. The lowest BCUT2D eigenvalue weighted by molar-refractivity contribution is -0.385. The number of para-hydroxylation sites is 1. The van der Waals surface area contributed by atoms with Crippen molar-refractivity contribution in [1.29, 1.82) is 0 Å². The first-order valence-electron chi connectivity index (χ1n) is 7.33. The number of aryl methyl sites for hydroxylation is 1. The van der Waals surface area contributed by atoms with Crippen molar-refractivity contribution in [2.75, 3.05) is 24.7 Å². The number of nitrogens with two attached hydrogens (primary N) is 1. The highest BCUT2D eigenvalue weighted by Crippen LogP contribution is 2.29. The molecule has 0 unspecified atom stereocenters. The Hall–Kier alpha value is -3.56. The van der Waals surface area contributed by atoms with Gasteiger partial charge in [-0.3, -0.25) is 10.1 Å². The van der Waals surface area contributed by atoms with Crippen molar-refractivity contribution in [2.45, 2.75) is 0 Å². The molecule has 0 saturated carbocycles. The van der Waals surface area contributed by atoms with Crippen LogP contribution in [-0.2, 0) is 7.05 Å². The van der Waals surface area contributed by atoms with Crippen LogP contribution in [0.1, 0.15) is 5.56 Å². The Kier molecular flexibility index (Phi) is 4.01. The standard InChI is InChI=1S/C15H16N8O2/c1-21(2)15-18-12(16)11-13(20-22(3)14(11)19-15)17-8-9-6-4-5-7-10(9)23(24)25/h4-8H,1-3H3,(H2,16,18,19). The number of anilines is 2. The van der Waals surface area contributed by atoms with Gasteiger partial charge in [-0.15, -0.1) is 0 Å². The number of nitrogens with zero attached hydrogens (tertiary/aromatic N) is 7. The molecule has 10 heteroatoms. The van der Waals surface area contributed by atoms with Crippen LogP contribution < -0.4 is 10.6 Å². The quantitative estimate of drug-likeness (QED) is 0.434. The van der Waals surface area contributed by atoms with Crippen LogP contribution in [0.4, 0.5) is 23.3 Å². The number of nitro groups is 1. The highest BCUT2D eigenvalue weighted by atomic mass is 16.6. The molecule has 0 aliphatic heterocycles. The van der Waals surface area contributed by atoms with E-state index in [0.717, 1.165) is 0 Å². The lowest BCUT2D eigenvalue weighted by Gasteiger charge is -2.10. The third kappa shape index (κ3) is 2.96. The van der Waals surface area contributed by atoms with Crippen LogP contribution in [0.15, 0.2) is 29.3 Å². The molecule has 1 aromatic carbocycles. The SMILES string of the molecule is CN(C)c1nc(N)c2c(N=Cc3ccccc3[N+](=O)[O-])nn(C)c2n1. The summed E-state index contributed by atoms with van der Waals surface area (Å²) in [7, 11) is 5.34. The Bertz CT molecular complexity index is 993. The Balaban J connectivity index is 2.10. The molecule has 0 fully saturated rings. The predicted octanol–water partition coefficient (Wildman–Crippen LogP) is 1.67. The van der Waals surface area contributed by atoms with Gasteiger partial charge in [0.25, 0.3) is 5.69 Å². The fourth-order valence-electron chi connectivity index (χ4n) is 2.33. The van der Waals surface area contributed by atoms with E-state index in [1.807, 2.05) is 14.1 Å². The van der Waals surface area contributed by atoms with Crippen LogP contribution in [0.5, 0.6) is 0 Å². The normalized spacial score (nSPS) is 11.3. The highest BCUT2D eigenvalue weighted by molar-refractivity contribution is 5.98. The van der Waals surface area contributed by atoms with E-state index in [0.29, 0.717) is 28.4 Å². The van der Waals surface area contributed by atoms with E-state index < -0.39 is 4.92 Å². The molecule has 2 heterocycles. The summed E-state index contributed by atoms with van der Waals surface area (Å²) in [5.74, 6) is 1.01. The molecule has 0 aliphatic rings. The minimum absolute atomic E-state index is 0.0365. The van der Waals surface area contributed by atoms with Crippen molar-refractivity contribution in [1.82, 2.24) is 19.7 Å². The number of aliphatic imine (C=N–C) groups is 1. The molecule has 25 heavy (non-hydrogen) atoms. The van der Waals surface area contributed by atoms with Gasteiger partial charge in [0.2, 0.25) is 5.95 Å². The highest BCUT2D eigenvalue weighted by Gasteiger charge is 2.17. The number of fused-ring (bicyclic) bond motifs is 1. The van der Waals surface area contributed by atoms with Crippen molar-refractivity contribution in [2.24, 2.45) is 12.0 Å². The molecule has 2 N–H and O–H groups in total. The summed E-state index contributed by atoms with van der Waals surface area (Å²) in [6.45, 7) is 0. The van der Waals surface area contributed by atoms with E-state index in [1.165, 1.54) is 12.3 Å². The zero-order valence-corrected chi connectivity index (χ0v) is 13.9. The minimum atomic E-state index is -0.460. The van der Waals surface area contributed by atoms with Crippen molar-refractivity contribution in [3.63, 3.8) is 0 Å². The molecule has 0 saturated heterocycles. The first-order chi connectivity index (χ1) is 11.9. The Morgan fingerprint density at radius 2 is 2.04 bits per heavy atom. The fraction of sp³-hybridized carbons (Fsp3) is 0.200. The van der Waals surface area contributed by atoms with E-state index in [-0.39, 0.29) is 11.5 Å². The van der Waals surface area contributed by atoms with Crippen LogP contribution in [0.3, 0.4) is 0 Å². The molecule has 0 aliphatic carbocycles. The Morgan fingerprint density at radius 1 is 1.32 bits per heavy atom. The zero-order chi connectivity index (χ0) is 18.1. The van der Waals surface area contributed by atoms with Crippen LogP contribution >= 0.6 is 0 Å². The maximum Gasteiger partial charge on any atom is 0.278 e. The smallest absolute Gasteiger partial charge is 0.278 e. The summed E-state index contributed by atoms with van der Waals surface area (Å²) in [5, 5.41) is 15.9. The molecule has 0 bridgehead atoms. The molecule has 0 amide bonds. The zero-order valence-electron chi connectivity index (χ0n) is 13.9. The average Bonchev–Trinajstić information content (AvgIpc) is 2.89. The first-order valence-corrected chi connectivity index (χ1v) is 7.33. The summed E-state index contributed by atoms with van der Waals surface area (Å²) in [6, 6.07) is 6.32. The lowest BCUT2D eigenvalue weighted by atomic mass is 10.2. The van der Waals surface area contributed by atoms with Crippen LogP contribution in [0, 0.1) is 10.1 Å². The van der Waals surface area contributed by atoms with Gasteiger partial charge >= 0.3 is 0 Å². The van der Waals surface area contributed by atoms with Gasteiger partial charge in [0.15, 0.2) is 11.5 Å². The third-order valence-electron chi connectivity index (χ3n) is 3.54. The molecule has 0 spiro atoms. The summed E-state index contributed by atoms with van der Waals surface area (Å²) >= 11 is 0. The number of hydrogen-bond acceptors (Lipinski definition) is 8. The molecular weight excluding hydrogens is 324 g/mol. The van der Waals surface area contributed by atoms with Crippen molar-refractivity contribution >= 4 is 40.5 Å². The van der Waals surface area contributed by atoms with E-state index in [4.69, 9.17) is 5.73 Å². The second-order valence-corrected chi connectivity index (χ2v) is 5.52. The number of nitro benzene ring substituents is 1. The van der Waals surface area contributed by atoms with Gasteiger partial charge < -0.3 is 10.6 Å². The molecule has 10 nitrogen and oxygen atoms in total. The van der Waals surface area contributed by atoms with Gasteiger partial charge in [0.05, 0.1) is 10.5 Å². The number of benzene rings is 1. The topological polar surface area (TPSA) is 128 Å². The van der Waals surface area contributed by atoms with Crippen molar-refractivity contribution in [3.05, 3.63) is 39.9 Å². The van der Waals surface area contributed by atoms with E-state index in [9.17, 15) is 10.1 Å². The van der Waals surface area contributed by atoms with Crippen LogP contribution in [-0.4, -0.2) is 45.0 Å². The lowest BCUT2D eigenvalue weighted by Crippen LogP contribution is -2.14. The predicted molar refractivity (Wildman–Crippen MR) is 95.4 cm³/mol. The fourth-order valence-corrected chi connectivity index (χ4v) is 2.33. The molecule has 2 aromatic heterocycles.